The van der Waals surface area contributed by atoms with Gasteiger partial charge in [-0.3, -0.25) is 0 Å². The van der Waals surface area contributed by atoms with Crippen LogP contribution < -0.4 is 17.7 Å². The summed E-state index contributed by atoms with van der Waals surface area (Å²) in [5.41, 5.74) is -0.177. The lowest BCUT2D eigenvalue weighted by Gasteiger charge is -2.22. The molecule has 1 rings (SSSR count). The predicted octanol–water partition coefficient (Wildman–Crippen LogP) is -1.39. The van der Waals surface area contributed by atoms with Gasteiger partial charge in [-0.2, -0.15) is 0 Å². The van der Waals surface area contributed by atoms with E-state index < -0.39 is 0 Å². The van der Waals surface area contributed by atoms with Crippen molar-refractivity contribution in [3.8, 4) is 0 Å². The molecule has 0 saturated heterocycles. The molecule has 76 valence electrons. The van der Waals surface area contributed by atoms with E-state index in [1.807, 2.05) is 19.9 Å². The summed E-state index contributed by atoms with van der Waals surface area (Å²) < 4.78 is 0. The lowest BCUT2D eigenvalue weighted by molar-refractivity contribution is -0.00000349. The van der Waals surface area contributed by atoms with Crippen LogP contribution in [0.5, 0.6) is 0 Å². The largest absolute Gasteiger partial charge is 1.00 e. The average Bonchev–Trinajstić information content (AvgIpc) is 2.53. The second-order valence-electron chi connectivity index (χ2n) is 3.47. The fraction of sp³-hybridized carbons (Fsp3) is 0.556. The van der Waals surface area contributed by atoms with Gasteiger partial charge in [-0.15, -0.1) is 11.3 Å². The molecule has 2 N–H and O–H groups in total. The van der Waals surface area contributed by atoms with Gasteiger partial charge < -0.3 is 22.8 Å². The lowest BCUT2D eigenvalue weighted by Crippen LogP contribution is -3.00. The maximum Gasteiger partial charge on any atom is 0.0607 e. The van der Waals surface area contributed by atoms with Crippen LogP contribution in [0.4, 0.5) is 0 Å². The Kier molecular flexibility index (Phi) is 5.56. The molecule has 0 atom stereocenters. The molecule has 13 heavy (non-hydrogen) atoms. The first-order chi connectivity index (χ1) is 5.64. The SMILES string of the molecule is CC(C)(CO)NCc1cccs1.[Cl-]. The Morgan fingerprint density at radius 3 is 2.69 bits per heavy atom. The van der Waals surface area contributed by atoms with Crippen molar-refractivity contribution >= 4 is 11.3 Å². The number of aliphatic hydroxyl groups excluding tert-OH is 1. The van der Waals surface area contributed by atoms with E-state index in [4.69, 9.17) is 5.11 Å². The van der Waals surface area contributed by atoms with Crippen LogP contribution in [0.2, 0.25) is 0 Å². The van der Waals surface area contributed by atoms with Crippen LogP contribution in [0.15, 0.2) is 17.5 Å². The minimum absolute atomic E-state index is 0. The van der Waals surface area contributed by atoms with E-state index >= 15 is 0 Å². The van der Waals surface area contributed by atoms with Crippen molar-refractivity contribution < 1.29 is 17.5 Å². The monoisotopic (exact) mass is 220 g/mol. The molecule has 0 saturated carbocycles. The zero-order chi connectivity index (χ0) is 9.03. The zero-order valence-electron chi connectivity index (χ0n) is 7.88. The third kappa shape index (κ3) is 4.62. The molecule has 0 bridgehead atoms. The Labute approximate surface area is 89.4 Å². The van der Waals surface area contributed by atoms with Gasteiger partial charge in [0.25, 0.3) is 0 Å². The quantitative estimate of drug-likeness (QED) is 0.655. The van der Waals surface area contributed by atoms with Crippen LogP contribution in [0.3, 0.4) is 0 Å². The van der Waals surface area contributed by atoms with Gasteiger partial charge in [0.2, 0.25) is 0 Å². The van der Waals surface area contributed by atoms with Crippen molar-refractivity contribution in [2.24, 2.45) is 0 Å². The Hall–Kier alpha value is -0.0900. The molecule has 4 heteroatoms. The first kappa shape index (κ1) is 12.9. The van der Waals surface area contributed by atoms with Crippen molar-refractivity contribution in [3.63, 3.8) is 0 Å². The van der Waals surface area contributed by atoms with E-state index in [1.54, 1.807) is 11.3 Å². The highest BCUT2D eigenvalue weighted by atomic mass is 35.5. The minimum atomic E-state index is -0.177. The summed E-state index contributed by atoms with van der Waals surface area (Å²) in [6.07, 6.45) is 0. The molecule has 0 fully saturated rings. The lowest BCUT2D eigenvalue weighted by atomic mass is 10.1. The van der Waals surface area contributed by atoms with Crippen molar-refractivity contribution in [2.45, 2.75) is 25.9 Å². The number of hydrogen-bond acceptors (Lipinski definition) is 3. The molecule has 0 unspecified atom stereocenters. The van der Waals surface area contributed by atoms with Crippen LogP contribution in [-0.4, -0.2) is 17.3 Å². The number of halogens is 1. The summed E-state index contributed by atoms with van der Waals surface area (Å²) in [5.74, 6) is 0. The molecule has 1 aromatic rings. The molecule has 0 spiro atoms. The molecule has 0 aliphatic rings. The molecule has 0 aliphatic carbocycles. The number of rotatable bonds is 4. The highest BCUT2D eigenvalue weighted by molar-refractivity contribution is 7.09. The Balaban J connectivity index is 0.00000144. The standard InChI is InChI=1S/C9H15NOS.ClH/c1-9(2,7-11)10-6-8-4-3-5-12-8;/h3-5,10-11H,6-7H2,1-2H3;1H/p-1. The van der Waals surface area contributed by atoms with Gasteiger partial charge in [0.1, 0.15) is 0 Å². The van der Waals surface area contributed by atoms with Crippen LogP contribution in [0.25, 0.3) is 0 Å². The zero-order valence-corrected chi connectivity index (χ0v) is 9.45. The van der Waals surface area contributed by atoms with Crippen LogP contribution in [-0.2, 0) is 6.54 Å². The second-order valence-corrected chi connectivity index (χ2v) is 4.51. The van der Waals surface area contributed by atoms with Crippen LogP contribution in [0.1, 0.15) is 18.7 Å². The number of aliphatic hydroxyl groups is 1. The topological polar surface area (TPSA) is 32.3 Å². The van der Waals surface area contributed by atoms with Crippen molar-refractivity contribution in [1.82, 2.24) is 5.32 Å². The number of thiophene rings is 1. The van der Waals surface area contributed by atoms with Crippen molar-refractivity contribution in [3.05, 3.63) is 22.4 Å². The minimum Gasteiger partial charge on any atom is -1.00 e. The van der Waals surface area contributed by atoms with Crippen molar-refractivity contribution in [1.29, 1.82) is 0 Å². The molecule has 0 amide bonds. The predicted molar refractivity (Wildman–Crippen MR) is 52.3 cm³/mol. The van der Waals surface area contributed by atoms with E-state index in [2.05, 4.69) is 16.8 Å². The highest BCUT2D eigenvalue weighted by Crippen LogP contribution is 2.09. The van der Waals surface area contributed by atoms with Gasteiger partial charge in [0.05, 0.1) is 6.61 Å². The average molecular weight is 221 g/mol. The Morgan fingerprint density at radius 1 is 1.54 bits per heavy atom. The van der Waals surface area contributed by atoms with Gasteiger partial charge >= 0.3 is 0 Å². The van der Waals surface area contributed by atoms with E-state index in [0.717, 1.165) is 6.54 Å². The van der Waals surface area contributed by atoms with E-state index in [-0.39, 0.29) is 24.6 Å². The summed E-state index contributed by atoms with van der Waals surface area (Å²) in [6, 6.07) is 4.12. The van der Waals surface area contributed by atoms with Gasteiger partial charge in [0, 0.05) is 17.0 Å². The van der Waals surface area contributed by atoms with Gasteiger partial charge in [-0.1, -0.05) is 6.07 Å². The first-order valence-electron chi connectivity index (χ1n) is 4.02. The summed E-state index contributed by atoms with van der Waals surface area (Å²) in [5, 5.41) is 14.3. The van der Waals surface area contributed by atoms with E-state index in [9.17, 15) is 0 Å². The van der Waals surface area contributed by atoms with Gasteiger partial charge in [-0.05, 0) is 25.3 Å². The van der Waals surface area contributed by atoms with Gasteiger partial charge in [0.15, 0.2) is 0 Å². The molecule has 0 radical (unpaired) electrons. The molecule has 2 nitrogen and oxygen atoms in total. The molecule has 0 aromatic carbocycles. The fourth-order valence-corrected chi connectivity index (χ4v) is 1.44. The summed E-state index contributed by atoms with van der Waals surface area (Å²) in [7, 11) is 0. The Morgan fingerprint density at radius 2 is 2.23 bits per heavy atom. The maximum absolute atomic E-state index is 8.96. The summed E-state index contributed by atoms with van der Waals surface area (Å²) in [6.45, 7) is 4.98. The van der Waals surface area contributed by atoms with Crippen LogP contribution >= 0.6 is 11.3 Å². The summed E-state index contributed by atoms with van der Waals surface area (Å²) >= 11 is 1.73. The number of nitrogens with one attached hydrogen (secondary N) is 1. The van der Waals surface area contributed by atoms with Crippen LogP contribution in [0, 0.1) is 0 Å². The first-order valence-corrected chi connectivity index (χ1v) is 4.90. The number of hydrogen-bond donors (Lipinski definition) is 2. The van der Waals surface area contributed by atoms with E-state index in [1.165, 1.54) is 4.88 Å². The van der Waals surface area contributed by atoms with Gasteiger partial charge in [-0.25, -0.2) is 0 Å². The van der Waals surface area contributed by atoms with E-state index in [0.29, 0.717) is 0 Å². The third-order valence-electron chi connectivity index (χ3n) is 1.72. The molecular formula is C9H15ClNOS-. The highest BCUT2D eigenvalue weighted by Gasteiger charge is 2.14. The molecule has 1 heterocycles. The Bertz CT molecular complexity index is 224. The molecule has 1 aromatic heterocycles. The smallest absolute Gasteiger partial charge is 0.0607 e. The summed E-state index contributed by atoms with van der Waals surface area (Å²) in [4.78, 5) is 1.30. The molecular weight excluding hydrogens is 206 g/mol. The normalized spacial score (nSPS) is 11.0. The fourth-order valence-electron chi connectivity index (χ4n) is 0.795. The van der Waals surface area contributed by atoms with Crippen molar-refractivity contribution in [2.75, 3.05) is 6.61 Å². The second kappa shape index (κ2) is 5.60. The molecule has 0 aliphatic heterocycles. The maximum atomic E-state index is 8.96. The third-order valence-corrected chi connectivity index (χ3v) is 2.59.